The highest BCUT2D eigenvalue weighted by molar-refractivity contribution is 6.01. The van der Waals surface area contributed by atoms with Gasteiger partial charge < -0.3 is 10.4 Å². The molecule has 0 atom stereocenters. The van der Waals surface area contributed by atoms with Gasteiger partial charge >= 0.3 is 0 Å². The summed E-state index contributed by atoms with van der Waals surface area (Å²) in [7, 11) is 0. The average molecular weight is 278 g/mol. The lowest BCUT2D eigenvalue weighted by molar-refractivity contribution is -0.117. The van der Waals surface area contributed by atoms with E-state index in [0.29, 0.717) is 12.1 Å². The molecule has 104 valence electrons. The maximum atomic E-state index is 12.0. The molecule has 0 saturated heterocycles. The van der Waals surface area contributed by atoms with E-state index in [1.165, 1.54) is 18.2 Å². The van der Waals surface area contributed by atoms with Crippen LogP contribution in [0.1, 0.15) is 11.1 Å². The predicted molar refractivity (Wildman–Crippen MR) is 80.0 cm³/mol. The molecule has 2 N–H and O–H groups in total. The highest BCUT2D eigenvalue weighted by Gasteiger charge is 2.08. The van der Waals surface area contributed by atoms with Crippen LogP contribution in [0.5, 0.6) is 5.75 Å². The summed E-state index contributed by atoms with van der Waals surface area (Å²) < 4.78 is 0. The lowest BCUT2D eigenvalue weighted by atomic mass is 10.1. The third-order valence-electron chi connectivity index (χ3n) is 2.84. The zero-order chi connectivity index (χ0) is 15.1. The van der Waals surface area contributed by atoms with Gasteiger partial charge in [0.05, 0.1) is 0 Å². The van der Waals surface area contributed by atoms with Crippen LogP contribution in [0.3, 0.4) is 0 Å². The first kappa shape index (κ1) is 14.4. The van der Waals surface area contributed by atoms with E-state index in [1.807, 2.05) is 36.4 Å². The van der Waals surface area contributed by atoms with Gasteiger partial charge in [-0.3, -0.25) is 4.79 Å². The van der Waals surface area contributed by atoms with Crippen LogP contribution in [0.15, 0.2) is 60.2 Å². The van der Waals surface area contributed by atoms with Crippen LogP contribution in [-0.4, -0.2) is 11.0 Å². The van der Waals surface area contributed by atoms with E-state index in [-0.39, 0.29) is 11.3 Å². The zero-order valence-corrected chi connectivity index (χ0v) is 11.3. The number of amides is 1. The fourth-order valence-corrected chi connectivity index (χ4v) is 1.80. The Morgan fingerprint density at radius 1 is 1.19 bits per heavy atom. The molecule has 0 saturated carbocycles. The van der Waals surface area contributed by atoms with Crippen molar-refractivity contribution in [2.45, 2.75) is 6.54 Å². The maximum Gasteiger partial charge on any atom is 0.262 e. The van der Waals surface area contributed by atoms with Gasteiger partial charge in [-0.1, -0.05) is 42.5 Å². The summed E-state index contributed by atoms with van der Waals surface area (Å²) in [6.07, 6.45) is 1.44. The van der Waals surface area contributed by atoms with Crippen molar-refractivity contribution in [3.05, 3.63) is 71.3 Å². The Bertz CT molecular complexity index is 700. The molecule has 2 rings (SSSR count). The number of nitrogens with zero attached hydrogens (tertiary/aromatic N) is 1. The lowest BCUT2D eigenvalue weighted by Gasteiger charge is -2.04. The summed E-state index contributed by atoms with van der Waals surface area (Å²) >= 11 is 0. The molecule has 0 fully saturated rings. The van der Waals surface area contributed by atoms with Crippen molar-refractivity contribution in [3.8, 4) is 11.8 Å². The minimum atomic E-state index is -0.440. The molecule has 2 aromatic carbocycles. The van der Waals surface area contributed by atoms with Crippen molar-refractivity contribution in [1.82, 2.24) is 5.32 Å². The van der Waals surface area contributed by atoms with E-state index in [2.05, 4.69) is 5.32 Å². The van der Waals surface area contributed by atoms with Crippen molar-refractivity contribution in [3.63, 3.8) is 0 Å². The number of benzene rings is 2. The van der Waals surface area contributed by atoms with Crippen molar-refractivity contribution < 1.29 is 9.90 Å². The van der Waals surface area contributed by atoms with Crippen LogP contribution in [0.2, 0.25) is 0 Å². The van der Waals surface area contributed by atoms with E-state index in [9.17, 15) is 9.90 Å². The summed E-state index contributed by atoms with van der Waals surface area (Å²) in [5, 5.41) is 21.2. The number of carbonyl (C=O) groups is 1. The van der Waals surface area contributed by atoms with Crippen LogP contribution in [0.25, 0.3) is 6.08 Å². The molecule has 0 radical (unpaired) electrons. The first-order valence-electron chi connectivity index (χ1n) is 6.42. The molecule has 21 heavy (non-hydrogen) atoms. The maximum absolute atomic E-state index is 12.0. The van der Waals surface area contributed by atoms with Gasteiger partial charge in [0.2, 0.25) is 0 Å². The number of hydrogen-bond donors (Lipinski definition) is 2. The smallest absolute Gasteiger partial charge is 0.262 e. The molecule has 0 aliphatic carbocycles. The van der Waals surface area contributed by atoms with Crippen LogP contribution in [0.4, 0.5) is 0 Å². The van der Waals surface area contributed by atoms with Crippen LogP contribution < -0.4 is 5.32 Å². The van der Waals surface area contributed by atoms with Gasteiger partial charge in [0.25, 0.3) is 5.91 Å². The normalized spacial score (nSPS) is 10.7. The molecule has 0 aliphatic rings. The Morgan fingerprint density at radius 2 is 1.95 bits per heavy atom. The lowest BCUT2D eigenvalue weighted by Crippen LogP contribution is -2.23. The number of phenols is 1. The number of rotatable bonds is 4. The van der Waals surface area contributed by atoms with Gasteiger partial charge in [-0.15, -0.1) is 0 Å². The Hall–Kier alpha value is -3.06. The molecule has 4 heteroatoms. The highest BCUT2D eigenvalue weighted by atomic mass is 16.3. The van der Waals surface area contributed by atoms with E-state index in [4.69, 9.17) is 5.26 Å². The Morgan fingerprint density at radius 3 is 2.62 bits per heavy atom. The number of aromatic hydroxyl groups is 1. The Labute approximate surface area is 123 Å². The van der Waals surface area contributed by atoms with Crippen molar-refractivity contribution >= 4 is 12.0 Å². The molecule has 0 unspecified atom stereocenters. The van der Waals surface area contributed by atoms with Gasteiger partial charge in [0.15, 0.2) is 0 Å². The standard InChI is InChI=1S/C17H14N2O2/c18-11-15(9-14-7-4-8-16(20)10-14)17(21)19-12-13-5-2-1-3-6-13/h1-10,20H,12H2,(H,19,21)/b15-9+. The van der Waals surface area contributed by atoms with Gasteiger partial charge in [-0.2, -0.15) is 5.26 Å². The van der Waals surface area contributed by atoms with E-state index in [1.54, 1.807) is 12.1 Å². The molecule has 0 aromatic heterocycles. The number of phenolic OH excluding ortho intramolecular Hbond substituents is 1. The van der Waals surface area contributed by atoms with E-state index in [0.717, 1.165) is 5.56 Å². The molecule has 4 nitrogen and oxygen atoms in total. The minimum Gasteiger partial charge on any atom is -0.508 e. The van der Waals surface area contributed by atoms with Crippen LogP contribution in [0, 0.1) is 11.3 Å². The Balaban J connectivity index is 2.07. The molecular formula is C17H14N2O2. The number of carbonyl (C=O) groups excluding carboxylic acids is 1. The molecular weight excluding hydrogens is 264 g/mol. The van der Waals surface area contributed by atoms with Gasteiger partial charge in [0, 0.05) is 6.54 Å². The predicted octanol–water partition coefficient (Wildman–Crippen LogP) is 2.62. The topological polar surface area (TPSA) is 73.1 Å². The fourth-order valence-electron chi connectivity index (χ4n) is 1.80. The molecule has 1 amide bonds. The summed E-state index contributed by atoms with van der Waals surface area (Å²) in [4.78, 5) is 12.0. The molecule has 0 bridgehead atoms. The second-order valence-corrected chi connectivity index (χ2v) is 4.43. The molecule has 0 heterocycles. The quantitative estimate of drug-likeness (QED) is 0.667. The second kappa shape index (κ2) is 6.92. The summed E-state index contributed by atoms with van der Waals surface area (Å²) in [5.74, 6) is -0.351. The Kier molecular flexibility index (Phi) is 4.73. The third-order valence-corrected chi connectivity index (χ3v) is 2.84. The highest BCUT2D eigenvalue weighted by Crippen LogP contribution is 2.14. The van der Waals surface area contributed by atoms with Crippen molar-refractivity contribution in [1.29, 1.82) is 5.26 Å². The minimum absolute atomic E-state index is 0.00321. The fraction of sp³-hybridized carbons (Fsp3) is 0.0588. The van der Waals surface area contributed by atoms with Crippen LogP contribution in [-0.2, 0) is 11.3 Å². The zero-order valence-electron chi connectivity index (χ0n) is 11.3. The van der Waals surface area contributed by atoms with E-state index < -0.39 is 5.91 Å². The van der Waals surface area contributed by atoms with Crippen molar-refractivity contribution in [2.24, 2.45) is 0 Å². The van der Waals surface area contributed by atoms with Gasteiger partial charge in [0.1, 0.15) is 17.4 Å². The van der Waals surface area contributed by atoms with Crippen LogP contribution >= 0.6 is 0 Å². The number of nitriles is 1. The second-order valence-electron chi connectivity index (χ2n) is 4.43. The monoisotopic (exact) mass is 278 g/mol. The third kappa shape index (κ3) is 4.22. The number of hydrogen-bond acceptors (Lipinski definition) is 3. The molecule has 0 aliphatic heterocycles. The van der Waals surface area contributed by atoms with Gasteiger partial charge in [-0.25, -0.2) is 0 Å². The summed E-state index contributed by atoms with van der Waals surface area (Å²) in [6.45, 7) is 0.360. The summed E-state index contributed by atoms with van der Waals surface area (Å²) in [6, 6.07) is 17.7. The SMILES string of the molecule is N#C/C(=C\c1cccc(O)c1)C(=O)NCc1ccccc1. The molecule has 2 aromatic rings. The largest absolute Gasteiger partial charge is 0.508 e. The average Bonchev–Trinajstić information content (AvgIpc) is 2.51. The first-order valence-corrected chi connectivity index (χ1v) is 6.42. The van der Waals surface area contributed by atoms with Crippen molar-refractivity contribution in [2.75, 3.05) is 0 Å². The van der Waals surface area contributed by atoms with E-state index >= 15 is 0 Å². The van der Waals surface area contributed by atoms with Gasteiger partial charge in [-0.05, 0) is 29.3 Å². The first-order chi connectivity index (χ1) is 10.2. The number of nitrogens with one attached hydrogen (secondary N) is 1. The summed E-state index contributed by atoms with van der Waals surface area (Å²) in [5.41, 5.74) is 1.55. The molecule has 0 spiro atoms.